The van der Waals surface area contributed by atoms with Gasteiger partial charge in [-0.1, -0.05) is 0 Å². The molecule has 14 nitrogen and oxygen atoms in total. The number of nitrogens with one attached hydrogen (secondary N) is 1. The van der Waals surface area contributed by atoms with Gasteiger partial charge in [0.25, 0.3) is 0 Å². The highest BCUT2D eigenvalue weighted by atomic mass is 16.5. The highest BCUT2D eigenvalue weighted by Gasteiger charge is 2.35. The van der Waals surface area contributed by atoms with E-state index in [-0.39, 0.29) is 12.5 Å². The summed E-state index contributed by atoms with van der Waals surface area (Å²) in [6, 6.07) is 13.6. The highest BCUT2D eigenvalue weighted by Crippen LogP contribution is 2.42. The molecule has 14 heteroatoms. The second-order valence-corrected chi connectivity index (χ2v) is 11.4. The van der Waals surface area contributed by atoms with Crippen molar-refractivity contribution in [2.75, 3.05) is 62.3 Å². The number of piperazine rings is 1. The number of ether oxygens (including phenoxy) is 6. The lowest BCUT2D eigenvalue weighted by molar-refractivity contribution is -0.142. The van der Waals surface area contributed by atoms with E-state index < -0.39 is 12.1 Å². The first-order valence-electron chi connectivity index (χ1n) is 15.8. The number of rotatable bonds is 14. The van der Waals surface area contributed by atoms with Crippen molar-refractivity contribution < 1.29 is 38.0 Å². The van der Waals surface area contributed by atoms with E-state index in [9.17, 15) is 9.59 Å². The number of urea groups is 1. The number of carbonyl (C=O) groups excluding carboxylic acids is 2. The van der Waals surface area contributed by atoms with Crippen LogP contribution in [0.1, 0.15) is 11.1 Å². The smallest absolute Gasteiger partial charge is 0.312 e. The van der Waals surface area contributed by atoms with Crippen molar-refractivity contribution in [2.45, 2.75) is 19.1 Å². The summed E-state index contributed by atoms with van der Waals surface area (Å²) in [6.07, 6.45) is 3.42. The summed E-state index contributed by atoms with van der Waals surface area (Å²) < 4.78 is 33.0. The van der Waals surface area contributed by atoms with Crippen LogP contribution in [-0.4, -0.2) is 100 Å². The number of pyridine rings is 2. The van der Waals surface area contributed by atoms with Gasteiger partial charge in [-0.05, 0) is 59.7 Å². The molecule has 4 aromatic rings. The van der Waals surface area contributed by atoms with E-state index in [0.717, 1.165) is 22.3 Å². The van der Waals surface area contributed by atoms with Gasteiger partial charge in [-0.3, -0.25) is 19.7 Å². The number of nitrogens with zero attached hydrogens (tertiary/aromatic N) is 4. The van der Waals surface area contributed by atoms with Crippen LogP contribution in [0.3, 0.4) is 0 Å². The quantitative estimate of drug-likeness (QED) is 0.199. The Kier molecular flexibility index (Phi) is 11.4. The van der Waals surface area contributed by atoms with E-state index in [4.69, 9.17) is 34.2 Å². The van der Waals surface area contributed by atoms with Crippen molar-refractivity contribution in [3.05, 3.63) is 72.1 Å². The average Bonchev–Trinajstić information content (AvgIpc) is 3.14. The number of amides is 3. The molecule has 1 aliphatic rings. The van der Waals surface area contributed by atoms with Gasteiger partial charge >= 0.3 is 6.03 Å². The lowest BCUT2D eigenvalue weighted by atomic mass is 10.0. The van der Waals surface area contributed by atoms with Crippen molar-refractivity contribution >= 4 is 11.9 Å². The highest BCUT2D eigenvalue weighted by molar-refractivity contribution is 5.84. The summed E-state index contributed by atoms with van der Waals surface area (Å²) in [5.41, 5.74) is 10.2. The second kappa shape index (κ2) is 16.1. The van der Waals surface area contributed by atoms with Gasteiger partial charge in [0.05, 0.1) is 54.0 Å². The third-order valence-corrected chi connectivity index (χ3v) is 8.49. The fourth-order valence-electron chi connectivity index (χ4n) is 6.02. The molecule has 264 valence electrons. The molecule has 0 aliphatic carbocycles. The van der Waals surface area contributed by atoms with Crippen LogP contribution < -0.4 is 39.5 Å². The Morgan fingerprint density at radius 3 is 1.60 bits per heavy atom. The van der Waals surface area contributed by atoms with Crippen molar-refractivity contribution in [3.8, 4) is 57.0 Å². The zero-order valence-electron chi connectivity index (χ0n) is 29.0. The fourth-order valence-corrected chi connectivity index (χ4v) is 6.02. The molecule has 5 rings (SSSR count). The molecule has 0 saturated carbocycles. The minimum absolute atomic E-state index is 0.0581. The van der Waals surface area contributed by atoms with Crippen molar-refractivity contribution in [2.24, 2.45) is 5.73 Å². The van der Waals surface area contributed by atoms with Crippen LogP contribution in [0, 0.1) is 0 Å². The van der Waals surface area contributed by atoms with E-state index in [1.54, 1.807) is 60.0 Å². The first kappa shape index (κ1) is 35.5. The van der Waals surface area contributed by atoms with E-state index in [2.05, 4.69) is 15.3 Å². The van der Waals surface area contributed by atoms with Gasteiger partial charge in [-0.15, -0.1) is 0 Å². The van der Waals surface area contributed by atoms with Crippen LogP contribution in [0.2, 0.25) is 0 Å². The molecule has 1 aliphatic heterocycles. The van der Waals surface area contributed by atoms with Crippen molar-refractivity contribution in [3.63, 3.8) is 0 Å². The van der Waals surface area contributed by atoms with Gasteiger partial charge < -0.3 is 44.4 Å². The van der Waals surface area contributed by atoms with E-state index >= 15 is 0 Å². The predicted octanol–water partition coefficient (Wildman–Crippen LogP) is 3.74. The van der Waals surface area contributed by atoms with Crippen LogP contribution >= 0.6 is 0 Å². The maximum Gasteiger partial charge on any atom is 0.312 e. The number of hydrogen-bond donors (Lipinski definition) is 2. The lowest BCUT2D eigenvalue weighted by Crippen LogP contribution is -2.60. The molecule has 2 aromatic heterocycles. The van der Waals surface area contributed by atoms with Crippen molar-refractivity contribution in [1.29, 1.82) is 0 Å². The number of carbonyl (C=O) groups is 2. The number of benzene rings is 2. The van der Waals surface area contributed by atoms with Crippen LogP contribution in [0.4, 0.5) is 4.79 Å². The normalized spacial score (nSPS) is 14.6. The summed E-state index contributed by atoms with van der Waals surface area (Å²) in [5.74, 6) is 2.88. The molecular formula is C36H42N6O8. The number of methoxy groups -OCH3 is 6. The minimum atomic E-state index is -0.701. The third kappa shape index (κ3) is 7.76. The van der Waals surface area contributed by atoms with Crippen LogP contribution in [-0.2, 0) is 17.9 Å². The topological polar surface area (TPSA) is 160 Å². The molecule has 1 atom stereocenters. The molecule has 0 spiro atoms. The van der Waals surface area contributed by atoms with Crippen LogP contribution in [0.5, 0.6) is 34.5 Å². The largest absolute Gasteiger partial charge is 0.493 e. The molecule has 0 radical (unpaired) electrons. The Balaban J connectivity index is 1.36. The summed E-state index contributed by atoms with van der Waals surface area (Å²) >= 11 is 0. The molecule has 3 amide bonds. The molecule has 1 unspecified atom stereocenters. The molecule has 2 aromatic carbocycles. The van der Waals surface area contributed by atoms with E-state index in [0.29, 0.717) is 72.1 Å². The molecule has 1 fully saturated rings. The fraction of sp³-hybridized carbons (Fsp3) is 0.333. The molecule has 3 heterocycles. The van der Waals surface area contributed by atoms with Crippen LogP contribution in [0.25, 0.3) is 22.5 Å². The zero-order chi connectivity index (χ0) is 35.8. The number of primary amides is 1. The summed E-state index contributed by atoms with van der Waals surface area (Å²) in [4.78, 5) is 38.7. The Hall–Kier alpha value is -5.76. The first-order chi connectivity index (χ1) is 24.2. The minimum Gasteiger partial charge on any atom is -0.493 e. The summed E-state index contributed by atoms with van der Waals surface area (Å²) in [7, 11) is 9.34. The molecule has 3 N–H and O–H groups in total. The third-order valence-electron chi connectivity index (χ3n) is 8.49. The maximum atomic E-state index is 14.0. The number of aromatic nitrogens is 2. The van der Waals surface area contributed by atoms with Gasteiger partial charge in [0, 0.05) is 56.2 Å². The Bertz CT molecular complexity index is 1790. The maximum absolute atomic E-state index is 14.0. The molecule has 0 bridgehead atoms. The van der Waals surface area contributed by atoms with E-state index in [1.807, 2.05) is 53.4 Å². The Labute approximate surface area is 291 Å². The van der Waals surface area contributed by atoms with Gasteiger partial charge in [0.2, 0.25) is 17.4 Å². The second-order valence-electron chi connectivity index (χ2n) is 11.4. The van der Waals surface area contributed by atoms with Gasteiger partial charge in [-0.25, -0.2) is 4.79 Å². The van der Waals surface area contributed by atoms with Gasteiger partial charge in [0.15, 0.2) is 23.0 Å². The average molecular weight is 687 g/mol. The summed E-state index contributed by atoms with van der Waals surface area (Å²) in [5, 5.41) is 2.63. The van der Waals surface area contributed by atoms with E-state index in [1.165, 1.54) is 0 Å². The van der Waals surface area contributed by atoms with Crippen LogP contribution in [0.15, 0.2) is 60.9 Å². The standard InChI is InChI=1S/C36H42N6O8/c1-45-29-15-24(16-30(46-2)33(29)49-5)26-13-22(7-9-38-26)20-41-11-12-42(35(43)28(41)19-40-36(37)44)21-23-8-10-39-27(14-23)25-17-31(47-3)34(50-6)32(18-25)48-4/h7-10,13-18,28H,11-12,19-21H2,1-6H3,(H3,37,40,44). The number of nitrogens with two attached hydrogens (primary N) is 1. The lowest BCUT2D eigenvalue weighted by Gasteiger charge is -2.40. The molecule has 50 heavy (non-hydrogen) atoms. The Morgan fingerprint density at radius 1 is 0.720 bits per heavy atom. The summed E-state index contributed by atoms with van der Waals surface area (Å²) in [6.45, 7) is 1.87. The van der Waals surface area contributed by atoms with Gasteiger partial charge in [-0.2, -0.15) is 0 Å². The number of hydrogen-bond acceptors (Lipinski definition) is 11. The monoisotopic (exact) mass is 686 g/mol. The molecule has 1 saturated heterocycles. The van der Waals surface area contributed by atoms with Crippen molar-refractivity contribution in [1.82, 2.24) is 25.1 Å². The zero-order valence-corrected chi connectivity index (χ0v) is 29.0. The molecular weight excluding hydrogens is 644 g/mol. The first-order valence-corrected chi connectivity index (χ1v) is 15.8. The predicted molar refractivity (Wildman–Crippen MR) is 186 cm³/mol. The van der Waals surface area contributed by atoms with Gasteiger partial charge in [0.1, 0.15) is 6.04 Å². The SMILES string of the molecule is COc1cc(-c2cc(CN3CCN(Cc4ccnc(-c5cc(OC)c(OC)c(OC)c5)c4)C(CNC(N)=O)C3=O)ccn2)cc(OC)c1OC. The Morgan fingerprint density at radius 2 is 1.18 bits per heavy atom.